The standard InChI is InChI=1S/C12H15F2NO2/c1-8(12(16)17)7-15-3-2-9-4-10(13)6-11(14)5-9/h4-6,8,15H,2-3,7H2,1H3,(H,16,17). The van der Waals surface area contributed by atoms with Crippen LogP contribution in [0.25, 0.3) is 0 Å². The maximum absolute atomic E-state index is 12.8. The van der Waals surface area contributed by atoms with Gasteiger partial charge in [-0.15, -0.1) is 0 Å². The Morgan fingerprint density at radius 1 is 1.35 bits per heavy atom. The summed E-state index contributed by atoms with van der Waals surface area (Å²) < 4.78 is 25.7. The number of halogens is 2. The van der Waals surface area contributed by atoms with E-state index in [4.69, 9.17) is 5.11 Å². The Bertz CT molecular complexity index is 376. The molecule has 0 heterocycles. The van der Waals surface area contributed by atoms with E-state index in [1.54, 1.807) is 6.92 Å². The highest BCUT2D eigenvalue weighted by atomic mass is 19.1. The maximum atomic E-state index is 12.8. The molecule has 1 unspecified atom stereocenters. The molecule has 0 spiro atoms. The lowest BCUT2D eigenvalue weighted by atomic mass is 10.1. The Labute approximate surface area is 98.5 Å². The van der Waals surface area contributed by atoms with E-state index in [1.807, 2.05) is 0 Å². The first-order valence-corrected chi connectivity index (χ1v) is 5.37. The van der Waals surface area contributed by atoms with Crippen molar-refractivity contribution in [2.45, 2.75) is 13.3 Å². The summed E-state index contributed by atoms with van der Waals surface area (Å²) in [5.41, 5.74) is 0.554. The van der Waals surface area contributed by atoms with Gasteiger partial charge in [0.1, 0.15) is 11.6 Å². The van der Waals surface area contributed by atoms with Crippen LogP contribution in [0, 0.1) is 17.6 Å². The molecule has 0 aliphatic carbocycles. The van der Waals surface area contributed by atoms with Crippen molar-refractivity contribution < 1.29 is 18.7 Å². The van der Waals surface area contributed by atoms with E-state index < -0.39 is 23.5 Å². The SMILES string of the molecule is CC(CNCCc1cc(F)cc(F)c1)C(=O)O. The van der Waals surface area contributed by atoms with Gasteiger partial charge in [-0.2, -0.15) is 0 Å². The zero-order valence-corrected chi connectivity index (χ0v) is 9.54. The van der Waals surface area contributed by atoms with Crippen molar-refractivity contribution in [1.29, 1.82) is 0 Å². The molecule has 0 aliphatic heterocycles. The van der Waals surface area contributed by atoms with Gasteiger partial charge in [0, 0.05) is 12.6 Å². The molecule has 2 N–H and O–H groups in total. The molecule has 1 aromatic carbocycles. The summed E-state index contributed by atoms with van der Waals surface area (Å²) in [6.07, 6.45) is 0.459. The first-order chi connectivity index (χ1) is 7.99. The summed E-state index contributed by atoms with van der Waals surface area (Å²) >= 11 is 0. The van der Waals surface area contributed by atoms with E-state index >= 15 is 0 Å². The van der Waals surface area contributed by atoms with Crippen molar-refractivity contribution >= 4 is 5.97 Å². The molecule has 0 saturated carbocycles. The summed E-state index contributed by atoms with van der Waals surface area (Å²) in [6.45, 7) is 2.42. The molecule has 17 heavy (non-hydrogen) atoms. The van der Waals surface area contributed by atoms with Gasteiger partial charge in [0.25, 0.3) is 0 Å². The molecule has 1 aromatic rings. The Balaban J connectivity index is 2.33. The van der Waals surface area contributed by atoms with Crippen molar-refractivity contribution in [1.82, 2.24) is 5.32 Å². The molecule has 1 rings (SSSR count). The third kappa shape index (κ3) is 4.91. The molecule has 0 radical (unpaired) electrons. The van der Waals surface area contributed by atoms with E-state index in [0.29, 0.717) is 25.1 Å². The van der Waals surface area contributed by atoms with Crippen LogP contribution in [0.2, 0.25) is 0 Å². The quantitative estimate of drug-likeness (QED) is 0.749. The van der Waals surface area contributed by atoms with Crippen LogP contribution in [0.15, 0.2) is 18.2 Å². The highest BCUT2D eigenvalue weighted by Crippen LogP contribution is 2.08. The number of carboxylic acids is 1. The first-order valence-electron chi connectivity index (χ1n) is 5.37. The monoisotopic (exact) mass is 243 g/mol. The van der Waals surface area contributed by atoms with Crippen molar-refractivity contribution in [2.24, 2.45) is 5.92 Å². The highest BCUT2D eigenvalue weighted by Gasteiger charge is 2.09. The molecular formula is C12H15F2NO2. The van der Waals surface area contributed by atoms with E-state index in [1.165, 1.54) is 12.1 Å². The largest absolute Gasteiger partial charge is 0.481 e. The van der Waals surface area contributed by atoms with Crippen LogP contribution in [-0.4, -0.2) is 24.2 Å². The smallest absolute Gasteiger partial charge is 0.307 e. The molecule has 0 fully saturated rings. The fourth-order valence-corrected chi connectivity index (χ4v) is 1.39. The minimum absolute atomic E-state index is 0.340. The first kappa shape index (κ1) is 13.6. The summed E-state index contributed by atoms with van der Waals surface area (Å²) in [5, 5.41) is 11.6. The van der Waals surface area contributed by atoms with Crippen LogP contribution in [0.3, 0.4) is 0 Å². The predicted molar refractivity (Wildman–Crippen MR) is 59.7 cm³/mol. The molecule has 5 heteroatoms. The van der Waals surface area contributed by atoms with Crippen LogP contribution >= 0.6 is 0 Å². The average Bonchev–Trinajstić information content (AvgIpc) is 2.22. The number of hydrogen-bond donors (Lipinski definition) is 2. The van der Waals surface area contributed by atoms with Gasteiger partial charge in [0.05, 0.1) is 5.92 Å². The number of carboxylic acid groups (broad SMARTS) is 1. The summed E-state index contributed by atoms with van der Waals surface area (Å²) in [5.74, 6) is -2.54. The Morgan fingerprint density at radius 3 is 2.47 bits per heavy atom. The van der Waals surface area contributed by atoms with Crippen molar-refractivity contribution in [3.63, 3.8) is 0 Å². The number of hydrogen-bond acceptors (Lipinski definition) is 2. The second kappa shape index (κ2) is 6.30. The third-order valence-electron chi connectivity index (χ3n) is 2.38. The molecule has 0 saturated heterocycles. The lowest BCUT2D eigenvalue weighted by molar-refractivity contribution is -0.140. The lowest BCUT2D eigenvalue weighted by Crippen LogP contribution is -2.27. The Kier molecular flexibility index (Phi) is 5.03. The number of carbonyl (C=O) groups is 1. The number of aliphatic carboxylic acids is 1. The fraction of sp³-hybridized carbons (Fsp3) is 0.417. The Hall–Kier alpha value is -1.49. The summed E-state index contributed by atoms with van der Waals surface area (Å²) in [4.78, 5) is 10.5. The maximum Gasteiger partial charge on any atom is 0.307 e. The van der Waals surface area contributed by atoms with Gasteiger partial charge in [0.15, 0.2) is 0 Å². The van der Waals surface area contributed by atoms with Gasteiger partial charge in [-0.3, -0.25) is 4.79 Å². The average molecular weight is 243 g/mol. The number of benzene rings is 1. The number of rotatable bonds is 6. The van der Waals surface area contributed by atoms with Crippen LogP contribution in [0.4, 0.5) is 8.78 Å². The van der Waals surface area contributed by atoms with Crippen molar-refractivity contribution in [2.75, 3.05) is 13.1 Å². The van der Waals surface area contributed by atoms with Gasteiger partial charge in [-0.05, 0) is 30.7 Å². The third-order valence-corrected chi connectivity index (χ3v) is 2.38. The van der Waals surface area contributed by atoms with Crippen molar-refractivity contribution in [3.8, 4) is 0 Å². The van der Waals surface area contributed by atoms with Gasteiger partial charge in [0.2, 0.25) is 0 Å². The molecular weight excluding hydrogens is 228 g/mol. The van der Waals surface area contributed by atoms with Crippen LogP contribution in [0.1, 0.15) is 12.5 Å². The predicted octanol–water partition coefficient (Wildman–Crippen LogP) is 1.82. The Morgan fingerprint density at radius 2 is 1.94 bits per heavy atom. The normalized spacial score (nSPS) is 12.4. The molecule has 1 atom stereocenters. The number of nitrogens with one attached hydrogen (secondary N) is 1. The highest BCUT2D eigenvalue weighted by molar-refractivity contribution is 5.69. The van der Waals surface area contributed by atoms with E-state index in [2.05, 4.69) is 5.32 Å². The molecule has 0 aliphatic rings. The van der Waals surface area contributed by atoms with Crippen LogP contribution < -0.4 is 5.32 Å². The van der Waals surface area contributed by atoms with Gasteiger partial charge >= 0.3 is 5.97 Å². The van der Waals surface area contributed by atoms with Crippen LogP contribution in [0.5, 0.6) is 0 Å². The van der Waals surface area contributed by atoms with E-state index in [9.17, 15) is 13.6 Å². The zero-order valence-electron chi connectivity index (χ0n) is 9.54. The minimum Gasteiger partial charge on any atom is -0.481 e. The molecule has 0 aromatic heterocycles. The van der Waals surface area contributed by atoms with Crippen LogP contribution in [-0.2, 0) is 11.2 Å². The summed E-state index contributed by atoms with van der Waals surface area (Å²) in [6, 6.07) is 3.36. The zero-order chi connectivity index (χ0) is 12.8. The topological polar surface area (TPSA) is 49.3 Å². The van der Waals surface area contributed by atoms with E-state index in [0.717, 1.165) is 6.07 Å². The van der Waals surface area contributed by atoms with E-state index in [-0.39, 0.29) is 0 Å². The minimum atomic E-state index is -0.866. The second-order valence-electron chi connectivity index (χ2n) is 3.97. The van der Waals surface area contributed by atoms with Crippen molar-refractivity contribution in [3.05, 3.63) is 35.4 Å². The van der Waals surface area contributed by atoms with Gasteiger partial charge in [-0.1, -0.05) is 6.92 Å². The fourth-order valence-electron chi connectivity index (χ4n) is 1.39. The van der Waals surface area contributed by atoms with Gasteiger partial charge in [-0.25, -0.2) is 8.78 Å². The lowest BCUT2D eigenvalue weighted by Gasteiger charge is -2.08. The molecule has 0 amide bonds. The molecule has 94 valence electrons. The molecule has 0 bridgehead atoms. The summed E-state index contributed by atoms with van der Waals surface area (Å²) in [7, 11) is 0. The van der Waals surface area contributed by atoms with Gasteiger partial charge < -0.3 is 10.4 Å². The second-order valence-corrected chi connectivity index (χ2v) is 3.97. The molecule has 3 nitrogen and oxygen atoms in total.